The number of aromatic nitrogens is 1. The lowest BCUT2D eigenvalue weighted by atomic mass is 10.2. The monoisotopic (exact) mass is 271 g/mol. The lowest BCUT2D eigenvalue weighted by molar-refractivity contribution is -0.385. The van der Waals surface area contributed by atoms with Crippen molar-refractivity contribution < 1.29 is 14.5 Å². The Bertz CT molecular complexity index is 488. The van der Waals surface area contributed by atoms with Crippen LogP contribution in [0, 0.1) is 10.1 Å². The van der Waals surface area contributed by atoms with Gasteiger partial charge in [-0.1, -0.05) is 11.6 Å². The molecule has 7 nitrogen and oxygen atoms in total. The van der Waals surface area contributed by atoms with Crippen LogP contribution in [-0.4, -0.2) is 35.1 Å². The summed E-state index contributed by atoms with van der Waals surface area (Å²) < 4.78 is 5.11. The fourth-order valence-electron chi connectivity index (χ4n) is 1.70. The summed E-state index contributed by atoms with van der Waals surface area (Å²) in [5.74, 6) is -0.540. The lowest BCUT2D eigenvalue weighted by Crippen LogP contribution is -2.35. The Balaban J connectivity index is 2.24. The Morgan fingerprint density at radius 3 is 3.06 bits per heavy atom. The van der Waals surface area contributed by atoms with E-state index in [0.29, 0.717) is 19.6 Å². The molecule has 0 spiro atoms. The number of hydrogen-bond acceptors (Lipinski definition) is 5. The minimum Gasteiger partial charge on any atom is -0.379 e. The van der Waals surface area contributed by atoms with E-state index in [1.165, 1.54) is 12.3 Å². The van der Waals surface area contributed by atoms with Gasteiger partial charge in [0.15, 0.2) is 0 Å². The molecule has 2 heterocycles. The number of halogens is 1. The normalized spacial score (nSPS) is 18.6. The number of nitro groups is 1. The van der Waals surface area contributed by atoms with Crippen LogP contribution in [-0.2, 0) is 4.74 Å². The molecular weight excluding hydrogens is 262 g/mol. The summed E-state index contributed by atoms with van der Waals surface area (Å²) in [6, 6.07) is 1.15. The van der Waals surface area contributed by atoms with Crippen molar-refractivity contribution in [3.05, 3.63) is 33.1 Å². The number of pyridine rings is 1. The molecule has 8 heteroatoms. The van der Waals surface area contributed by atoms with Crippen molar-refractivity contribution in [1.29, 1.82) is 0 Å². The molecule has 1 N–H and O–H groups in total. The van der Waals surface area contributed by atoms with E-state index in [1.807, 2.05) is 0 Å². The van der Waals surface area contributed by atoms with Gasteiger partial charge in [0.05, 0.1) is 17.6 Å². The van der Waals surface area contributed by atoms with E-state index in [-0.39, 0.29) is 16.8 Å². The van der Waals surface area contributed by atoms with Crippen LogP contribution in [0.25, 0.3) is 0 Å². The molecule has 18 heavy (non-hydrogen) atoms. The second kappa shape index (κ2) is 5.28. The SMILES string of the molecule is O=C(NC1CCOC1)c1ccnc(Cl)c1[N+](=O)[O-]. The van der Waals surface area contributed by atoms with Crippen LogP contribution in [0.5, 0.6) is 0 Å². The van der Waals surface area contributed by atoms with Gasteiger partial charge in [-0.25, -0.2) is 4.98 Å². The smallest absolute Gasteiger partial charge is 0.319 e. The number of nitrogens with one attached hydrogen (secondary N) is 1. The van der Waals surface area contributed by atoms with Crippen LogP contribution in [0.15, 0.2) is 12.3 Å². The molecule has 1 fully saturated rings. The van der Waals surface area contributed by atoms with Gasteiger partial charge < -0.3 is 10.1 Å². The zero-order valence-corrected chi connectivity index (χ0v) is 10.0. The van der Waals surface area contributed by atoms with Gasteiger partial charge >= 0.3 is 5.69 Å². The van der Waals surface area contributed by atoms with E-state index in [1.54, 1.807) is 0 Å². The summed E-state index contributed by atoms with van der Waals surface area (Å²) in [5.41, 5.74) is -0.567. The van der Waals surface area contributed by atoms with Crippen LogP contribution in [0.3, 0.4) is 0 Å². The molecule has 0 bridgehead atoms. The Kier molecular flexibility index (Phi) is 3.73. The Labute approximate surface area is 107 Å². The van der Waals surface area contributed by atoms with Gasteiger partial charge in [-0.05, 0) is 12.5 Å². The standard InChI is InChI=1S/C10H10ClN3O4/c11-9-8(14(16)17)7(1-3-12-9)10(15)13-6-2-4-18-5-6/h1,3,6H,2,4-5H2,(H,13,15). The number of amides is 1. The van der Waals surface area contributed by atoms with E-state index in [0.717, 1.165) is 0 Å². The molecule has 96 valence electrons. The summed E-state index contributed by atoms with van der Waals surface area (Å²) in [5, 5.41) is 13.2. The second-order valence-electron chi connectivity index (χ2n) is 3.79. The topological polar surface area (TPSA) is 94.4 Å². The highest BCUT2D eigenvalue weighted by atomic mass is 35.5. The highest BCUT2D eigenvalue weighted by Crippen LogP contribution is 2.26. The molecule has 1 unspecified atom stereocenters. The third-order valence-corrected chi connectivity index (χ3v) is 2.85. The number of ether oxygens (including phenoxy) is 1. The van der Waals surface area contributed by atoms with Crippen molar-refractivity contribution in [3.63, 3.8) is 0 Å². The van der Waals surface area contributed by atoms with Crippen LogP contribution in [0.4, 0.5) is 5.69 Å². The Morgan fingerprint density at radius 2 is 2.44 bits per heavy atom. The molecule has 1 aliphatic heterocycles. The predicted octanol–water partition coefficient (Wildman–Crippen LogP) is 1.16. The van der Waals surface area contributed by atoms with Gasteiger partial charge in [0, 0.05) is 12.8 Å². The largest absolute Gasteiger partial charge is 0.379 e. The minimum absolute atomic E-state index is 0.0908. The lowest BCUT2D eigenvalue weighted by Gasteiger charge is -2.10. The van der Waals surface area contributed by atoms with Gasteiger partial charge in [-0.3, -0.25) is 14.9 Å². The van der Waals surface area contributed by atoms with Gasteiger partial charge in [0.2, 0.25) is 5.15 Å². The average Bonchev–Trinajstić information content (AvgIpc) is 2.80. The number of nitrogens with zero attached hydrogens (tertiary/aromatic N) is 2. The van der Waals surface area contributed by atoms with Gasteiger partial charge in [-0.15, -0.1) is 0 Å². The molecular formula is C10H10ClN3O4. The third kappa shape index (κ3) is 2.57. The predicted molar refractivity (Wildman–Crippen MR) is 62.6 cm³/mol. The molecule has 1 aromatic heterocycles. The number of hydrogen-bond donors (Lipinski definition) is 1. The van der Waals surface area contributed by atoms with Gasteiger partial charge in [0.25, 0.3) is 5.91 Å². The van der Waals surface area contributed by atoms with Crippen molar-refractivity contribution in [2.24, 2.45) is 0 Å². The molecule has 1 saturated heterocycles. The van der Waals surface area contributed by atoms with E-state index < -0.39 is 16.5 Å². The quantitative estimate of drug-likeness (QED) is 0.506. The summed E-state index contributed by atoms with van der Waals surface area (Å²) in [6.07, 6.45) is 1.95. The first-order chi connectivity index (χ1) is 8.59. The van der Waals surface area contributed by atoms with Gasteiger partial charge in [-0.2, -0.15) is 0 Å². The third-order valence-electron chi connectivity index (χ3n) is 2.57. The zero-order valence-electron chi connectivity index (χ0n) is 9.26. The Morgan fingerprint density at radius 1 is 1.67 bits per heavy atom. The maximum absolute atomic E-state index is 11.9. The average molecular weight is 272 g/mol. The maximum atomic E-state index is 11.9. The van der Waals surface area contributed by atoms with Crippen LogP contribution >= 0.6 is 11.6 Å². The second-order valence-corrected chi connectivity index (χ2v) is 4.15. The summed E-state index contributed by atoms with van der Waals surface area (Å²) >= 11 is 5.63. The van der Waals surface area contributed by atoms with E-state index in [4.69, 9.17) is 16.3 Å². The van der Waals surface area contributed by atoms with E-state index in [2.05, 4.69) is 10.3 Å². The van der Waals surface area contributed by atoms with Crippen LogP contribution in [0.1, 0.15) is 16.8 Å². The zero-order chi connectivity index (χ0) is 13.1. The van der Waals surface area contributed by atoms with E-state index in [9.17, 15) is 14.9 Å². The summed E-state index contributed by atoms with van der Waals surface area (Å²) in [4.78, 5) is 25.7. The highest BCUT2D eigenvalue weighted by molar-refractivity contribution is 6.32. The Hall–Kier alpha value is -1.73. The molecule has 1 aliphatic rings. The van der Waals surface area contributed by atoms with Crippen molar-refractivity contribution in [3.8, 4) is 0 Å². The molecule has 2 rings (SSSR count). The summed E-state index contributed by atoms with van der Waals surface area (Å²) in [6.45, 7) is 0.989. The van der Waals surface area contributed by atoms with Crippen molar-refractivity contribution in [1.82, 2.24) is 10.3 Å². The first-order valence-corrected chi connectivity index (χ1v) is 5.65. The van der Waals surface area contributed by atoms with Crippen LogP contribution in [0.2, 0.25) is 5.15 Å². The number of rotatable bonds is 3. The van der Waals surface area contributed by atoms with Crippen molar-refractivity contribution in [2.45, 2.75) is 12.5 Å². The van der Waals surface area contributed by atoms with Crippen molar-refractivity contribution in [2.75, 3.05) is 13.2 Å². The molecule has 0 radical (unpaired) electrons. The highest BCUT2D eigenvalue weighted by Gasteiger charge is 2.27. The molecule has 1 aromatic rings. The van der Waals surface area contributed by atoms with Crippen LogP contribution < -0.4 is 5.32 Å². The summed E-state index contributed by atoms with van der Waals surface area (Å²) in [7, 11) is 0. The molecule has 0 aliphatic carbocycles. The maximum Gasteiger partial charge on any atom is 0.319 e. The molecule has 1 atom stereocenters. The first-order valence-electron chi connectivity index (χ1n) is 5.27. The molecule has 1 amide bonds. The fraction of sp³-hybridized carbons (Fsp3) is 0.400. The van der Waals surface area contributed by atoms with Gasteiger partial charge in [0.1, 0.15) is 5.56 Å². The van der Waals surface area contributed by atoms with E-state index >= 15 is 0 Å². The molecule has 0 saturated carbocycles. The molecule has 0 aromatic carbocycles. The minimum atomic E-state index is -0.713. The van der Waals surface area contributed by atoms with Crippen molar-refractivity contribution >= 4 is 23.2 Å². The first kappa shape index (κ1) is 12.7. The number of carbonyl (C=O) groups excluding carboxylic acids is 1. The fourth-order valence-corrected chi connectivity index (χ4v) is 1.92. The number of carbonyl (C=O) groups is 1.